The number of aromatic hydroxyl groups is 1. The Morgan fingerprint density at radius 1 is 1.17 bits per heavy atom. The van der Waals surface area contributed by atoms with E-state index in [1.807, 2.05) is 16.9 Å². The summed E-state index contributed by atoms with van der Waals surface area (Å²) >= 11 is 0. The molecule has 0 radical (unpaired) electrons. The van der Waals surface area contributed by atoms with Gasteiger partial charge in [-0.3, -0.25) is 9.69 Å². The summed E-state index contributed by atoms with van der Waals surface area (Å²) in [7, 11) is 0. The summed E-state index contributed by atoms with van der Waals surface area (Å²) in [5.41, 5.74) is 4.28. The molecule has 8 heteroatoms. The Hall–Kier alpha value is -3.39. The van der Waals surface area contributed by atoms with Gasteiger partial charge in [-0.05, 0) is 42.7 Å². The number of hydrogen-bond donors (Lipinski definition) is 2. The van der Waals surface area contributed by atoms with E-state index < -0.39 is 11.7 Å². The maximum absolute atomic E-state index is 12.4. The van der Waals surface area contributed by atoms with Gasteiger partial charge in [-0.2, -0.15) is 5.10 Å². The molecular weight excluding hydrogens is 384 g/mol. The molecule has 0 amide bonds. The first kappa shape index (κ1) is 19.9. The zero-order valence-corrected chi connectivity index (χ0v) is 17.0. The summed E-state index contributed by atoms with van der Waals surface area (Å²) in [6, 6.07) is 7.12. The molecule has 3 heterocycles. The second-order valence-electron chi connectivity index (χ2n) is 7.70. The van der Waals surface area contributed by atoms with Gasteiger partial charge in [0.25, 0.3) is 5.56 Å². The van der Waals surface area contributed by atoms with Crippen molar-refractivity contribution in [2.45, 2.75) is 33.4 Å². The van der Waals surface area contributed by atoms with Gasteiger partial charge < -0.3 is 14.8 Å². The fourth-order valence-corrected chi connectivity index (χ4v) is 4.22. The largest absolute Gasteiger partial charge is 0.507 e. The Balaban J connectivity index is 1.66. The van der Waals surface area contributed by atoms with Gasteiger partial charge in [0.05, 0.1) is 5.69 Å². The molecule has 1 aliphatic rings. The predicted molar refractivity (Wildman–Crippen MR) is 111 cm³/mol. The molecule has 0 saturated heterocycles. The smallest absolute Gasteiger partial charge is 0.341 e. The zero-order chi connectivity index (χ0) is 21.4. The number of fused-ring (bicyclic) bond motifs is 1. The van der Waals surface area contributed by atoms with E-state index in [0.717, 1.165) is 28.4 Å². The van der Waals surface area contributed by atoms with Gasteiger partial charge in [-0.1, -0.05) is 6.07 Å². The van der Waals surface area contributed by atoms with Crippen molar-refractivity contribution < 1.29 is 15.0 Å². The van der Waals surface area contributed by atoms with Crippen LogP contribution in [0.25, 0.3) is 5.69 Å². The van der Waals surface area contributed by atoms with E-state index in [2.05, 4.69) is 36.0 Å². The highest BCUT2D eigenvalue weighted by atomic mass is 16.4. The highest BCUT2D eigenvalue weighted by Gasteiger charge is 2.25. The van der Waals surface area contributed by atoms with Gasteiger partial charge in [0, 0.05) is 56.8 Å². The van der Waals surface area contributed by atoms with Crippen molar-refractivity contribution in [1.29, 1.82) is 0 Å². The van der Waals surface area contributed by atoms with Crippen LogP contribution in [0.15, 0.2) is 41.5 Å². The summed E-state index contributed by atoms with van der Waals surface area (Å²) in [4.78, 5) is 26.2. The molecule has 3 aromatic rings. The number of benzene rings is 1. The van der Waals surface area contributed by atoms with E-state index >= 15 is 0 Å². The van der Waals surface area contributed by atoms with Crippen molar-refractivity contribution >= 4 is 5.97 Å². The third kappa shape index (κ3) is 3.61. The summed E-state index contributed by atoms with van der Waals surface area (Å²) in [5.74, 6) is -1.69. The third-order valence-electron chi connectivity index (χ3n) is 5.64. The van der Waals surface area contributed by atoms with E-state index in [1.165, 1.54) is 4.57 Å². The number of pyridine rings is 1. The standard InChI is InChI=1S/C22H24N4O4/c1-14-10-15(2)16(18(11-14)26-6-3-5-23-26)13-24-7-4-17-21(22(29)30)19(27)12-20(28)25(17)9-8-24/h3,5-6,10-12,27H,4,7-9,13H2,1-2H3,(H,29,30). The van der Waals surface area contributed by atoms with E-state index in [1.54, 1.807) is 6.20 Å². The van der Waals surface area contributed by atoms with Crippen molar-refractivity contribution in [3.63, 3.8) is 0 Å². The first-order chi connectivity index (χ1) is 14.3. The lowest BCUT2D eigenvalue weighted by molar-refractivity contribution is 0.0691. The first-order valence-electron chi connectivity index (χ1n) is 9.86. The summed E-state index contributed by atoms with van der Waals surface area (Å²) in [6.07, 6.45) is 4.03. The minimum atomic E-state index is -1.22. The molecular formula is C22H24N4O4. The van der Waals surface area contributed by atoms with Gasteiger partial charge >= 0.3 is 5.97 Å². The molecule has 2 aromatic heterocycles. The second kappa shape index (κ2) is 7.79. The van der Waals surface area contributed by atoms with Crippen molar-refractivity contribution in [3.05, 3.63) is 75.0 Å². The molecule has 2 N–H and O–H groups in total. The third-order valence-corrected chi connectivity index (χ3v) is 5.64. The second-order valence-corrected chi connectivity index (χ2v) is 7.70. The number of carboxylic acids is 1. The molecule has 30 heavy (non-hydrogen) atoms. The SMILES string of the molecule is Cc1cc(C)c(CN2CCc3c(C(=O)O)c(O)cc(=O)n3CC2)c(-n2cccn2)c1. The Labute approximate surface area is 173 Å². The molecule has 8 nitrogen and oxygen atoms in total. The van der Waals surface area contributed by atoms with Crippen LogP contribution in [-0.2, 0) is 19.5 Å². The molecule has 0 saturated carbocycles. The number of nitrogens with zero attached hydrogens (tertiary/aromatic N) is 4. The summed E-state index contributed by atoms with van der Waals surface area (Å²) in [6.45, 7) is 6.33. The fourth-order valence-electron chi connectivity index (χ4n) is 4.22. The minimum Gasteiger partial charge on any atom is -0.507 e. The van der Waals surface area contributed by atoms with Gasteiger partial charge in [0.2, 0.25) is 0 Å². The maximum Gasteiger partial charge on any atom is 0.341 e. The number of carboxylic acid groups (broad SMARTS) is 1. The molecule has 4 rings (SSSR count). The van der Waals surface area contributed by atoms with E-state index in [9.17, 15) is 19.8 Å². The average molecular weight is 408 g/mol. The van der Waals surface area contributed by atoms with Crippen LogP contribution in [0.4, 0.5) is 0 Å². The Morgan fingerprint density at radius 2 is 1.97 bits per heavy atom. The number of aromatic nitrogens is 3. The lowest BCUT2D eigenvalue weighted by atomic mass is 10.0. The molecule has 0 fully saturated rings. The zero-order valence-electron chi connectivity index (χ0n) is 17.0. The molecule has 0 atom stereocenters. The van der Waals surface area contributed by atoms with Crippen LogP contribution in [-0.4, -0.2) is 48.5 Å². The molecule has 0 unspecified atom stereocenters. The quantitative estimate of drug-likeness (QED) is 0.686. The molecule has 156 valence electrons. The maximum atomic E-state index is 12.4. The van der Waals surface area contributed by atoms with E-state index in [-0.39, 0.29) is 11.1 Å². The topological polar surface area (TPSA) is 101 Å². The van der Waals surface area contributed by atoms with Crippen LogP contribution in [0.2, 0.25) is 0 Å². The molecule has 0 bridgehead atoms. The molecule has 1 aliphatic heterocycles. The highest BCUT2D eigenvalue weighted by Crippen LogP contribution is 2.25. The van der Waals surface area contributed by atoms with Gasteiger partial charge in [-0.15, -0.1) is 0 Å². The number of carbonyl (C=O) groups is 1. The van der Waals surface area contributed by atoms with Crippen LogP contribution in [0.1, 0.15) is 32.7 Å². The molecule has 1 aromatic carbocycles. The number of hydrogen-bond acceptors (Lipinski definition) is 5. The highest BCUT2D eigenvalue weighted by molar-refractivity contribution is 5.92. The van der Waals surface area contributed by atoms with E-state index in [4.69, 9.17) is 0 Å². The minimum absolute atomic E-state index is 0.180. The van der Waals surface area contributed by atoms with Crippen molar-refractivity contribution in [1.82, 2.24) is 19.2 Å². The van der Waals surface area contributed by atoms with Crippen LogP contribution in [0.5, 0.6) is 5.75 Å². The Bertz CT molecular complexity index is 1160. The predicted octanol–water partition coefficient (Wildman–Crippen LogP) is 2.11. The van der Waals surface area contributed by atoms with Crippen LogP contribution >= 0.6 is 0 Å². The Morgan fingerprint density at radius 3 is 2.67 bits per heavy atom. The van der Waals surface area contributed by atoms with Crippen molar-refractivity contribution in [2.75, 3.05) is 13.1 Å². The monoisotopic (exact) mass is 408 g/mol. The first-order valence-corrected chi connectivity index (χ1v) is 9.86. The van der Waals surface area contributed by atoms with Crippen LogP contribution in [0.3, 0.4) is 0 Å². The lowest BCUT2D eigenvalue weighted by Crippen LogP contribution is -2.29. The molecule has 0 spiro atoms. The van der Waals surface area contributed by atoms with Crippen molar-refractivity contribution in [2.24, 2.45) is 0 Å². The number of aryl methyl sites for hydroxylation is 2. The van der Waals surface area contributed by atoms with Crippen molar-refractivity contribution in [3.8, 4) is 11.4 Å². The normalized spacial score (nSPS) is 14.3. The van der Waals surface area contributed by atoms with Gasteiger partial charge in [0.1, 0.15) is 11.3 Å². The average Bonchev–Trinajstić information content (AvgIpc) is 3.12. The lowest BCUT2D eigenvalue weighted by Gasteiger charge is -2.23. The fraction of sp³-hybridized carbons (Fsp3) is 0.318. The number of aromatic carboxylic acids is 1. The Kier molecular flexibility index (Phi) is 5.17. The van der Waals surface area contributed by atoms with Crippen LogP contribution < -0.4 is 5.56 Å². The summed E-state index contributed by atoms with van der Waals surface area (Å²) < 4.78 is 3.33. The van der Waals surface area contributed by atoms with E-state index in [0.29, 0.717) is 38.3 Å². The number of rotatable bonds is 4. The molecule has 0 aliphatic carbocycles. The summed E-state index contributed by atoms with van der Waals surface area (Å²) in [5, 5.41) is 23.9. The van der Waals surface area contributed by atoms with Gasteiger partial charge in [-0.25, -0.2) is 9.48 Å². The van der Waals surface area contributed by atoms with Gasteiger partial charge in [0.15, 0.2) is 0 Å². The van der Waals surface area contributed by atoms with Crippen LogP contribution in [0, 0.1) is 13.8 Å².